The van der Waals surface area contributed by atoms with Crippen LogP contribution in [-0.2, 0) is 0 Å². The number of unbranched alkanes of at least 4 members (excludes halogenated alkanes) is 10. The summed E-state index contributed by atoms with van der Waals surface area (Å²) in [6, 6.07) is 0. The number of hydrogen-bond acceptors (Lipinski definition) is 2. The molecule has 0 bridgehead atoms. The van der Waals surface area contributed by atoms with Gasteiger partial charge in [-0.15, -0.1) is 0 Å². The van der Waals surface area contributed by atoms with Gasteiger partial charge in [0.1, 0.15) is 0 Å². The van der Waals surface area contributed by atoms with Gasteiger partial charge in [0.15, 0.2) is 0 Å². The standard InChI is InChI=1S/C16H36N2/c1-3-5-7-9-10-12-14-16-18(17)15-13-11-8-6-4-2/h3-17H2,1-2H3. The average molecular weight is 256 g/mol. The van der Waals surface area contributed by atoms with E-state index in [1.807, 2.05) is 5.01 Å². The molecule has 0 aliphatic rings. The zero-order valence-corrected chi connectivity index (χ0v) is 12.9. The molecule has 2 nitrogen and oxygen atoms in total. The fraction of sp³-hybridized carbons (Fsp3) is 1.00. The predicted octanol–water partition coefficient (Wildman–Crippen LogP) is 4.88. The first kappa shape index (κ1) is 17.9. The quantitative estimate of drug-likeness (QED) is 0.272. The molecule has 0 saturated heterocycles. The summed E-state index contributed by atoms with van der Waals surface area (Å²) in [5, 5.41) is 2.03. The highest BCUT2D eigenvalue weighted by atomic mass is 15.4. The minimum absolute atomic E-state index is 1.08. The van der Waals surface area contributed by atoms with E-state index in [-0.39, 0.29) is 0 Å². The van der Waals surface area contributed by atoms with E-state index < -0.39 is 0 Å². The zero-order valence-electron chi connectivity index (χ0n) is 12.9. The molecule has 0 aliphatic heterocycles. The SMILES string of the molecule is CCCCCCCCCN(N)CCCCCCC. The zero-order chi connectivity index (χ0) is 13.5. The Morgan fingerprint density at radius 3 is 1.28 bits per heavy atom. The molecule has 0 radical (unpaired) electrons. The first-order chi connectivity index (χ1) is 8.81. The van der Waals surface area contributed by atoms with Crippen molar-refractivity contribution in [2.45, 2.75) is 90.9 Å². The summed E-state index contributed by atoms with van der Waals surface area (Å²) >= 11 is 0. The van der Waals surface area contributed by atoms with E-state index >= 15 is 0 Å². The van der Waals surface area contributed by atoms with Gasteiger partial charge in [-0.25, -0.2) is 5.01 Å². The summed E-state index contributed by atoms with van der Waals surface area (Å²) in [4.78, 5) is 0. The molecular weight excluding hydrogens is 220 g/mol. The highest BCUT2D eigenvalue weighted by molar-refractivity contribution is 4.52. The van der Waals surface area contributed by atoms with Gasteiger partial charge in [0, 0.05) is 13.1 Å². The van der Waals surface area contributed by atoms with Gasteiger partial charge in [-0.1, -0.05) is 78.1 Å². The summed E-state index contributed by atoms with van der Waals surface area (Å²) in [5.41, 5.74) is 0. The van der Waals surface area contributed by atoms with Crippen LogP contribution in [0.5, 0.6) is 0 Å². The maximum absolute atomic E-state index is 5.98. The van der Waals surface area contributed by atoms with Crippen LogP contribution in [0.4, 0.5) is 0 Å². The molecule has 2 heteroatoms. The van der Waals surface area contributed by atoms with E-state index in [0.717, 1.165) is 13.1 Å². The maximum Gasteiger partial charge on any atom is 0.0128 e. The summed E-state index contributed by atoms with van der Waals surface area (Å²) < 4.78 is 0. The van der Waals surface area contributed by atoms with Crippen molar-refractivity contribution in [2.24, 2.45) is 5.84 Å². The second-order valence-corrected chi connectivity index (χ2v) is 5.57. The molecule has 0 aromatic carbocycles. The Bertz CT molecular complexity index is 148. The third kappa shape index (κ3) is 14.0. The van der Waals surface area contributed by atoms with Gasteiger partial charge in [0.05, 0.1) is 0 Å². The summed E-state index contributed by atoms with van der Waals surface area (Å²) in [5.74, 6) is 5.98. The van der Waals surface area contributed by atoms with E-state index in [9.17, 15) is 0 Å². The van der Waals surface area contributed by atoms with Crippen LogP contribution in [-0.4, -0.2) is 18.1 Å². The first-order valence-corrected chi connectivity index (χ1v) is 8.30. The van der Waals surface area contributed by atoms with Crippen LogP contribution < -0.4 is 5.84 Å². The lowest BCUT2D eigenvalue weighted by atomic mass is 10.1. The molecular formula is C16H36N2. The highest BCUT2D eigenvalue weighted by Crippen LogP contribution is 2.07. The topological polar surface area (TPSA) is 29.3 Å². The molecule has 0 rings (SSSR count). The summed E-state index contributed by atoms with van der Waals surface area (Å²) in [6.07, 6.45) is 16.3. The van der Waals surface area contributed by atoms with Crippen LogP contribution in [0.2, 0.25) is 0 Å². The Hall–Kier alpha value is -0.0800. The van der Waals surface area contributed by atoms with Crippen LogP contribution in [0.15, 0.2) is 0 Å². The molecule has 0 spiro atoms. The molecule has 0 aromatic rings. The van der Waals surface area contributed by atoms with Crippen LogP contribution in [0.3, 0.4) is 0 Å². The molecule has 0 heterocycles. The minimum Gasteiger partial charge on any atom is -0.269 e. The fourth-order valence-electron chi connectivity index (χ4n) is 2.30. The number of hydrazine groups is 1. The smallest absolute Gasteiger partial charge is 0.0128 e. The van der Waals surface area contributed by atoms with E-state index in [1.54, 1.807) is 0 Å². The van der Waals surface area contributed by atoms with Crippen molar-refractivity contribution in [3.8, 4) is 0 Å². The van der Waals surface area contributed by atoms with Crippen molar-refractivity contribution in [3.05, 3.63) is 0 Å². The van der Waals surface area contributed by atoms with Gasteiger partial charge in [0.25, 0.3) is 0 Å². The molecule has 0 aliphatic carbocycles. The van der Waals surface area contributed by atoms with Crippen molar-refractivity contribution in [2.75, 3.05) is 13.1 Å². The van der Waals surface area contributed by atoms with Crippen LogP contribution in [0.25, 0.3) is 0 Å². The number of nitrogens with zero attached hydrogens (tertiary/aromatic N) is 1. The lowest BCUT2D eigenvalue weighted by Crippen LogP contribution is -2.32. The van der Waals surface area contributed by atoms with Gasteiger partial charge in [0.2, 0.25) is 0 Å². The monoisotopic (exact) mass is 256 g/mol. The predicted molar refractivity (Wildman–Crippen MR) is 82.5 cm³/mol. The van der Waals surface area contributed by atoms with Gasteiger partial charge in [-0.05, 0) is 12.8 Å². The Morgan fingerprint density at radius 2 is 0.889 bits per heavy atom. The fourth-order valence-corrected chi connectivity index (χ4v) is 2.30. The molecule has 0 unspecified atom stereocenters. The first-order valence-electron chi connectivity index (χ1n) is 8.30. The molecule has 18 heavy (non-hydrogen) atoms. The third-order valence-corrected chi connectivity index (χ3v) is 3.60. The van der Waals surface area contributed by atoms with E-state index in [0.29, 0.717) is 0 Å². The average Bonchev–Trinajstić information content (AvgIpc) is 2.37. The molecule has 0 fully saturated rings. The van der Waals surface area contributed by atoms with E-state index in [4.69, 9.17) is 5.84 Å². The Balaban J connectivity index is 3.09. The minimum atomic E-state index is 1.08. The number of nitrogens with two attached hydrogens (primary N) is 1. The van der Waals surface area contributed by atoms with Gasteiger partial charge in [-0.3, -0.25) is 5.84 Å². The number of rotatable bonds is 14. The van der Waals surface area contributed by atoms with Gasteiger partial charge in [-0.2, -0.15) is 0 Å². The van der Waals surface area contributed by atoms with Crippen LogP contribution >= 0.6 is 0 Å². The van der Waals surface area contributed by atoms with Crippen molar-refractivity contribution in [1.82, 2.24) is 5.01 Å². The molecule has 0 amide bonds. The molecule has 0 saturated carbocycles. The van der Waals surface area contributed by atoms with Crippen molar-refractivity contribution in [1.29, 1.82) is 0 Å². The largest absolute Gasteiger partial charge is 0.269 e. The van der Waals surface area contributed by atoms with E-state index in [1.165, 1.54) is 77.0 Å². The second-order valence-electron chi connectivity index (χ2n) is 5.57. The van der Waals surface area contributed by atoms with Crippen LogP contribution in [0, 0.1) is 0 Å². The second kappa shape index (κ2) is 15.0. The van der Waals surface area contributed by atoms with Gasteiger partial charge >= 0.3 is 0 Å². The number of hydrogen-bond donors (Lipinski definition) is 1. The third-order valence-electron chi connectivity index (χ3n) is 3.60. The van der Waals surface area contributed by atoms with Crippen molar-refractivity contribution < 1.29 is 0 Å². The Morgan fingerprint density at radius 1 is 0.556 bits per heavy atom. The summed E-state index contributed by atoms with van der Waals surface area (Å²) in [7, 11) is 0. The summed E-state index contributed by atoms with van der Waals surface area (Å²) in [6.45, 7) is 6.70. The van der Waals surface area contributed by atoms with Crippen molar-refractivity contribution >= 4 is 0 Å². The molecule has 0 aromatic heterocycles. The van der Waals surface area contributed by atoms with Crippen molar-refractivity contribution in [3.63, 3.8) is 0 Å². The molecule has 2 N–H and O–H groups in total. The molecule has 0 atom stereocenters. The van der Waals surface area contributed by atoms with Gasteiger partial charge < -0.3 is 0 Å². The highest BCUT2D eigenvalue weighted by Gasteiger charge is 1.98. The maximum atomic E-state index is 5.98. The normalized spacial score (nSPS) is 11.3. The lowest BCUT2D eigenvalue weighted by molar-refractivity contribution is 0.268. The Labute approximate surface area is 115 Å². The van der Waals surface area contributed by atoms with Crippen LogP contribution in [0.1, 0.15) is 90.9 Å². The Kier molecular flexibility index (Phi) is 14.9. The van der Waals surface area contributed by atoms with E-state index in [2.05, 4.69) is 13.8 Å². The molecule has 110 valence electrons. The lowest BCUT2D eigenvalue weighted by Gasteiger charge is -2.15.